The fourth-order valence-corrected chi connectivity index (χ4v) is 7.87. The van der Waals surface area contributed by atoms with E-state index >= 15 is 0 Å². The molecule has 13 heteroatoms. The SMILES string of the molecule is CCOc1ccnc(CS(=O)c2nc3cc4c(cc3[nH]2)CCO4)c1C.CCOc1ccnc(CSc2nc3cc4c(cc3[nH]2)CCO4)c1C. The molecule has 11 nitrogen and oxygen atoms in total. The summed E-state index contributed by atoms with van der Waals surface area (Å²) in [5.74, 6) is 4.57. The standard InChI is InChI=1S/C18H19N3O3S.C18H19N3O2S/c1-3-23-16-4-6-19-15(11(16)2)10-25(22)18-20-13-8-12-5-7-24-17(12)9-14(13)21-18;1-3-22-16-4-6-19-15(11(16)2)10-24-18-20-13-8-12-5-7-23-17(12)9-14(13)21-18/h4,6,8-9H,3,5,7,10H2,1-2H3,(H,20,21);4,6,8-9H,3,5,7,10H2,1-2H3,(H,20,21). The van der Waals surface area contributed by atoms with E-state index in [1.54, 1.807) is 24.2 Å². The average Bonchev–Trinajstić information content (AvgIpc) is 3.91. The van der Waals surface area contributed by atoms with Crippen LogP contribution in [0.1, 0.15) is 47.5 Å². The Bertz CT molecular complexity index is 2080. The molecule has 49 heavy (non-hydrogen) atoms. The molecule has 0 fully saturated rings. The Balaban J connectivity index is 0.000000154. The van der Waals surface area contributed by atoms with E-state index in [4.69, 9.17) is 18.9 Å². The number of H-pyrrole nitrogens is 2. The Morgan fingerprint density at radius 3 is 2.00 bits per heavy atom. The van der Waals surface area contributed by atoms with Gasteiger partial charge in [-0.3, -0.25) is 14.2 Å². The molecule has 0 spiro atoms. The number of nitrogens with one attached hydrogen (secondary N) is 2. The monoisotopic (exact) mass is 698 g/mol. The first kappa shape index (κ1) is 32.9. The summed E-state index contributed by atoms with van der Waals surface area (Å²) in [7, 11) is -1.31. The van der Waals surface area contributed by atoms with Crippen LogP contribution in [0.3, 0.4) is 0 Å². The smallest absolute Gasteiger partial charge is 0.197 e. The number of imidazole rings is 2. The average molecular weight is 699 g/mol. The van der Waals surface area contributed by atoms with Crippen LogP contribution in [0.25, 0.3) is 22.1 Å². The van der Waals surface area contributed by atoms with Crippen LogP contribution in [-0.2, 0) is 35.1 Å². The summed E-state index contributed by atoms with van der Waals surface area (Å²) in [4.78, 5) is 24.5. The number of aromatic nitrogens is 6. The zero-order chi connectivity index (χ0) is 33.9. The molecule has 0 saturated carbocycles. The van der Waals surface area contributed by atoms with Crippen molar-refractivity contribution >= 4 is 44.6 Å². The van der Waals surface area contributed by atoms with Crippen molar-refractivity contribution in [3.05, 3.63) is 82.4 Å². The first-order chi connectivity index (χ1) is 23.9. The molecule has 1 atom stereocenters. The highest BCUT2D eigenvalue weighted by Gasteiger charge is 2.19. The van der Waals surface area contributed by atoms with Crippen molar-refractivity contribution in [2.45, 2.75) is 62.4 Å². The topological polar surface area (TPSA) is 137 Å². The first-order valence-electron chi connectivity index (χ1n) is 16.4. The third kappa shape index (κ3) is 7.09. The summed E-state index contributed by atoms with van der Waals surface area (Å²) in [5.41, 5.74) is 9.89. The molecular formula is C36H38N6O5S2. The van der Waals surface area contributed by atoms with Gasteiger partial charge in [-0.2, -0.15) is 0 Å². The van der Waals surface area contributed by atoms with Crippen molar-refractivity contribution in [2.75, 3.05) is 26.4 Å². The molecule has 2 aromatic carbocycles. The van der Waals surface area contributed by atoms with Crippen LogP contribution in [0, 0.1) is 13.8 Å². The fraction of sp³-hybridized carbons (Fsp3) is 0.333. The van der Waals surface area contributed by atoms with Crippen LogP contribution in [0.2, 0.25) is 0 Å². The molecule has 8 rings (SSSR count). The number of rotatable bonds is 10. The van der Waals surface area contributed by atoms with Crippen molar-refractivity contribution in [3.63, 3.8) is 0 Å². The van der Waals surface area contributed by atoms with Crippen LogP contribution >= 0.6 is 11.8 Å². The number of ether oxygens (including phenoxy) is 4. The van der Waals surface area contributed by atoms with Crippen LogP contribution in [-0.4, -0.2) is 60.5 Å². The van der Waals surface area contributed by atoms with Crippen LogP contribution in [0.4, 0.5) is 0 Å². The first-order valence-corrected chi connectivity index (χ1v) is 18.7. The van der Waals surface area contributed by atoms with Crippen LogP contribution in [0.5, 0.6) is 23.0 Å². The normalized spacial score (nSPS) is 13.7. The predicted molar refractivity (Wildman–Crippen MR) is 191 cm³/mol. The molecule has 254 valence electrons. The van der Waals surface area contributed by atoms with Gasteiger partial charge >= 0.3 is 0 Å². The molecule has 0 saturated heterocycles. The van der Waals surface area contributed by atoms with E-state index in [-0.39, 0.29) is 0 Å². The van der Waals surface area contributed by atoms with Gasteiger partial charge in [-0.1, -0.05) is 11.8 Å². The van der Waals surface area contributed by atoms with Crippen molar-refractivity contribution < 1.29 is 23.2 Å². The van der Waals surface area contributed by atoms with Gasteiger partial charge in [-0.25, -0.2) is 9.97 Å². The Hall–Kier alpha value is -4.62. The number of fused-ring (bicyclic) bond motifs is 4. The second-order valence-corrected chi connectivity index (χ2v) is 14.0. The maximum Gasteiger partial charge on any atom is 0.197 e. The van der Waals surface area contributed by atoms with Crippen LogP contribution in [0.15, 0.2) is 59.1 Å². The van der Waals surface area contributed by atoms with Crippen LogP contribution < -0.4 is 18.9 Å². The number of aromatic amines is 2. The quantitative estimate of drug-likeness (QED) is 0.147. The Labute approximate surface area is 291 Å². The number of benzene rings is 2. The maximum absolute atomic E-state index is 12.8. The summed E-state index contributed by atoms with van der Waals surface area (Å²) >= 11 is 1.65. The minimum atomic E-state index is -1.31. The summed E-state index contributed by atoms with van der Waals surface area (Å²) in [5, 5.41) is 1.36. The van der Waals surface area contributed by atoms with Crippen molar-refractivity contribution in [3.8, 4) is 23.0 Å². The van der Waals surface area contributed by atoms with Gasteiger partial charge in [0.2, 0.25) is 0 Å². The van der Waals surface area contributed by atoms with Gasteiger partial charge in [0.25, 0.3) is 0 Å². The van der Waals surface area contributed by atoms with Gasteiger partial charge in [-0.05, 0) is 63.1 Å². The second kappa shape index (κ2) is 14.5. The molecular weight excluding hydrogens is 661 g/mol. The number of nitrogens with zero attached hydrogens (tertiary/aromatic N) is 4. The number of hydrogen-bond donors (Lipinski definition) is 2. The van der Waals surface area contributed by atoms with Crippen molar-refractivity contribution in [1.29, 1.82) is 0 Å². The number of pyridine rings is 2. The highest BCUT2D eigenvalue weighted by Crippen LogP contribution is 2.33. The molecule has 4 aromatic heterocycles. The van der Waals surface area contributed by atoms with Crippen molar-refractivity contribution in [1.82, 2.24) is 29.9 Å². The zero-order valence-corrected chi connectivity index (χ0v) is 29.6. The maximum atomic E-state index is 12.8. The molecule has 6 aromatic rings. The molecule has 0 aliphatic carbocycles. The van der Waals surface area contributed by atoms with E-state index in [1.165, 1.54) is 5.56 Å². The molecule has 0 amide bonds. The fourth-order valence-electron chi connectivity index (χ4n) is 5.86. The molecule has 0 radical (unpaired) electrons. The van der Waals surface area contributed by atoms with Gasteiger partial charge in [0, 0.05) is 54.2 Å². The van der Waals surface area contributed by atoms with E-state index in [0.29, 0.717) is 30.7 Å². The zero-order valence-electron chi connectivity index (χ0n) is 27.9. The van der Waals surface area contributed by atoms with E-state index in [1.807, 2.05) is 51.1 Å². The number of hydrogen-bond acceptors (Lipinski definition) is 10. The lowest BCUT2D eigenvalue weighted by molar-refractivity contribution is 0.337. The predicted octanol–water partition coefficient (Wildman–Crippen LogP) is 6.80. The van der Waals surface area contributed by atoms with Crippen molar-refractivity contribution in [2.24, 2.45) is 0 Å². The molecule has 6 heterocycles. The van der Waals surface area contributed by atoms with Gasteiger partial charge in [0.05, 0.1) is 76.4 Å². The lowest BCUT2D eigenvalue weighted by atomic mass is 10.1. The summed E-state index contributed by atoms with van der Waals surface area (Å²) in [6.07, 6.45) is 5.36. The number of thioether (sulfide) groups is 1. The Morgan fingerprint density at radius 1 is 0.796 bits per heavy atom. The Morgan fingerprint density at radius 2 is 1.37 bits per heavy atom. The van der Waals surface area contributed by atoms with Gasteiger partial charge in [0.15, 0.2) is 10.3 Å². The third-order valence-corrected chi connectivity index (χ3v) is 10.5. The summed E-state index contributed by atoms with van der Waals surface area (Å²) in [6.45, 7) is 10.6. The van der Waals surface area contributed by atoms with E-state index in [9.17, 15) is 4.21 Å². The lowest BCUT2D eigenvalue weighted by Crippen LogP contribution is -2.04. The second-order valence-electron chi connectivity index (χ2n) is 11.6. The van der Waals surface area contributed by atoms with Gasteiger partial charge < -0.3 is 28.9 Å². The Kier molecular flexibility index (Phi) is 9.72. The van der Waals surface area contributed by atoms with Gasteiger partial charge in [-0.15, -0.1) is 0 Å². The molecule has 2 N–H and O–H groups in total. The summed E-state index contributed by atoms with van der Waals surface area (Å²) < 4.78 is 35.2. The minimum absolute atomic E-state index is 0.294. The van der Waals surface area contributed by atoms with Gasteiger partial charge in [0.1, 0.15) is 23.0 Å². The minimum Gasteiger partial charge on any atom is -0.493 e. The van der Waals surface area contributed by atoms with E-state index in [0.717, 1.165) is 104 Å². The van der Waals surface area contributed by atoms with E-state index in [2.05, 4.69) is 42.9 Å². The van der Waals surface area contributed by atoms with E-state index < -0.39 is 10.8 Å². The highest BCUT2D eigenvalue weighted by atomic mass is 32.2. The largest absolute Gasteiger partial charge is 0.493 e. The third-order valence-electron chi connectivity index (χ3n) is 8.49. The molecule has 0 bridgehead atoms. The summed E-state index contributed by atoms with van der Waals surface area (Å²) in [6, 6.07) is 11.9. The highest BCUT2D eigenvalue weighted by molar-refractivity contribution is 7.98. The molecule has 2 aliphatic rings. The lowest BCUT2D eigenvalue weighted by Gasteiger charge is -2.09. The molecule has 1 unspecified atom stereocenters. The molecule has 2 aliphatic heterocycles.